The van der Waals surface area contributed by atoms with Crippen LogP contribution in [0.2, 0.25) is 0 Å². The third kappa shape index (κ3) is 5.09. The number of hydrogen-bond donors (Lipinski definition) is 3. The van der Waals surface area contributed by atoms with Crippen molar-refractivity contribution in [2.45, 2.75) is 13.3 Å². The van der Waals surface area contributed by atoms with Crippen molar-refractivity contribution in [1.29, 1.82) is 0 Å². The van der Waals surface area contributed by atoms with Crippen molar-refractivity contribution in [3.63, 3.8) is 0 Å². The van der Waals surface area contributed by atoms with Crippen LogP contribution in [0.4, 0.5) is 5.69 Å². The van der Waals surface area contributed by atoms with Crippen molar-refractivity contribution in [2.75, 3.05) is 19.5 Å². The van der Waals surface area contributed by atoms with Gasteiger partial charge in [0.15, 0.2) is 16.6 Å². The minimum Gasteiger partial charge on any atom is -0.508 e. The third-order valence-electron chi connectivity index (χ3n) is 3.47. The average Bonchev–Trinajstić information content (AvgIpc) is 2.63. The van der Waals surface area contributed by atoms with Gasteiger partial charge in [-0.15, -0.1) is 0 Å². The number of benzene rings is 2. The maximum Gasteiger partial charge on any atom is 0.191 e. The molecule has 6 nitrogen and oxygen atoms in total. The Hall–Kier alpha value is -2.80. The van der Waals surface area contributed by atoms with Crippen LogP contribution in [0.25, 0.3) is 0 Å². The molecule has 3 N–H and O–H groups in total. The molecule has 132 valence electrons. The number of nitrogens with one attached hydrogen (secondary N) is 2. The highest BCUT2D eigenvalue weighted by Crippen LogP contribution is 2.29. The molecule has 0 heterocycles. The standard InChI is InChI=1S/C18H21N3O3S/c1-4-15(12-5-8-14(22)9-6-12)20-21-18(25)19-13-7-10-16(23-2)17(11-13)24-3/h5-11,22H,4H2,1-3H3,(H2,19,21,25)/b20-15+. The lowest BCUT2D eigenvalue weighted by Crippen LogP contribution is -2.25. The number of aromatic hydroxyl groups is 1. The Morgan fingerprint density at radius 1 is 1.08 bits per heavy atom. The van der Waals surface area contributed by atoms with Crippen LogP contribution in [-0.2, 0) is 0 Å². The molecule has 0 amide bonds. The quantitative estimate of drug-likeness (QED) is 0.416. The van der Waals surface area contributed by atoms with Gasteiger partial charge in [-0.3, -0.25) is 5.43 Å². The molecule has 0 unspecified atom stereocenters. The van der Waals surface area contributed by atoms with E-state index in [1.54, 1.807) is 38.5 Å². The lowest BCUT2D eigenvalue weighted by molar-refractivity contribution is 0.355. The first-order chi connectivity index (χ1) is 12.1. The number of methoxy groups -OCH3 is 2. The van der Waals surface area contributed by atoms with Crippen LogP contribution in [0.5, 0.6) is 17.2 Å². The topological polar surface area (TPSA) is 75.1 Å². The molecular weight excluding hydrogens is 338 g/mol. The van der Waals surface area contributed by atoms with Gasteiger partial charge in [-0.1, -0.05) is 6.92 Å². The first-order valence-electron chi connectivity index (χ1n) is 7.72. The summed E-state index contributed by atoms with van der Waals surface area (Å²) < 4.78 is 10.5. The lowest BCUT2D eigenvalue weighted by atomic mass is 10.1. The van der Waals surface area contributed by atoms with Crippen LogP contribution >= 0.6 is 12.2 Å². The minimum absolute atomic E-state index is 0.220. The number of phenols is 1. The fraction of sp³-hybridized carbons (Fsp3) is 0.222. The van der Waals surface area contributed by atoms with Crippen molar-refractivity contribution >= 4 is 28.7 Å². The second-order valence-corrected chi connectivity index (χ2v) is 5.50. The SMILES string of the molecule is CC/C(=N\NC(=S)Nc1ccc(OC)c(OC)c1)c1ccc(O)cc1. The van der Waals surface area contributed by atoms with E-state index in [9.17, 15) is 5.11 Å². The number of rotatable bonds is 6. The van der Waals surface area contributed by atoms with Crippen molar-refractivity contribution in [1.82, 2.24) is 5.43 Å². The average molecular weight is 359 g/mol. The molecule has 2 rings (SSSR count). The summed E-state index contributed by atoms with van der Waals surface area (Å²) in [5, 5.41) is 17.1. The predicted molar refractivity (Wildman–Crippen MR) is 104 cm³/mol. The Balaban J connectivity index is 2.05. The molecule has 2 aromatic carbocycles. The highest BCUT2D eigenvalue weighted by atomic mass is 32.1. The van der Waals surface area contributed by atoms with E-state index in [-0.39, 0.29) is 5.75 Å². The highest BCUT2D eigenvalue weighted by Gasteiger charge is 2.06. The monoisotopic (exact) mass is 359 g/mol. The maximum atomic E-state index is 9.37. The van der Waals surface area contributed by atoms with E-state index >= 15 is 0 Å². The van der Waals surface area contributed by atoms with Gasteiger partial charge in [0.1, 0.15) is 5.75 Å². The molecule has 25 heavy (non-hydrogen) atoms. The minimum atomic E-state index is 0.220. The van der Waals surface area contributed by atoms with Gasteiger partial charge in [0.25, 0.3) is 0 Å². The number of anilines is 1. The van der Waals surface area contributed by atoms with Crippen LogP contribution in [0, 0.1) is 0 Å². The molecule has 0 saturated heterocycles. The van der Waals surface area contributed by atoms with E-state index in [1.807, 2.05) is 25.1 Å². The van der Waals surface area contributed by atoms with Gasteiger partial charge in [0.05, 0.1) is 19.9 Å². The second kappa shape index (κ2) is 8.89. The largest absolute Gasteiger partial charge is 0.508 e. The predicted octanol–water partition coefficient (Wildman–Crippen LogP) is 3.51. The Kier molecular flexibility index (Phi) is 6.59. The van der Waals surface area contributed by atoms with Crippen LogP contribution in [-0.4, -0.2) is 30.2 Å². The molecular formula is C18H21N3O3S. The third-order valence-corrected chi connectivity index (χ3v) is 3.66. The summed E-state index contributed by atoms with van der Waals surface area (Å²) in [4.78, 5) is 0. The Morgan fingerprint density at radius 2 is 1.76 bits per heavy atom. The van der Waals surface area contributed by atoms with Gasteiger partial charge in [0, 0.05) is 11.8 Å². The van der Waals surface area contributed by atoms with Gasteiger partial charge in [0.2, 0.25) is 0 Å². The zero-order valence-electron chi connectivity index (χ0n) is 14.4. The smallest absolute Gasteiger partial charge is 0.191 e. The van der Waals surface area contributed by atoms with E-state index in [1.165, 1.54) is 0 Å². The van der Waals surface area contributed by atoms with E-state index in [0.717, 1.165) is 23.4 Å². The van der Waals surface area contributed by atoms with E-state index < -0.39 is 0 Å². The number of thiocarbonyl (C=S) groups is 1. The number of phenolic OH excluding ortho intramolecular Hbond substituents is 1. The van der Waals surface area contributed by atoms with Crippen LogP contribution in [0.1, 0.15) is 18.9 Å². The summed E-state index contributed by atoms with van der Waals surface area (Å²) in [6, 6.07) is 12.3. The Labute approximate surface area is 152 Å². The summed E-state index contributed by atoms with van der Waals surface area (Å²) in [6.45, 7) is 2.00. The van der Waals surface area contributed by atoms with Crippen LogP contribution in [0.15, 0.2) is 47.6 Å². The van der Waals surface area contributed by atoms with Gasteiger partial charge in [-0.2, -0.15) is 5.10 Å². The zero-order chi connectivity index (χ0) is 18.2. The summed E-state index contributed by atoms with van der Waals surface area (Å²) >= 11 is 5.27. The van der Waals surface area contributed by atoms with E-state index in [2.05, 4.69) is 15.8 Å². The molecule has 0 aliphatic rings. The molecule has 0 radical (unpaired) electrons. The van der Waals surface area contributed by atoms with Gasteiger partial charge < -0.3 is 19.9 Å². The van der Waals surface area contributed by atoms with Crippen molar-refractivity contribution < 1.29 is 14.6 Å². The second-order valence-electron chi connectivity index (χ2n) is 5.09. The summed E-state index contributed by atoms with van der Waals surface area (Å²) in [5.41, 5.74) is 5.34. The molecule has 0 saturated carbocycles. The fourth-order valence-corrected chi connectivity index (χ4v) is 2.36. The van der Waals surface area contributed by atoms with Crippen LogP contribution in [0.3, 0.4) is 0 Å². The van der Waals surface area contributed by atoms with Gasteiger partial charge in [-0.05, 0) is 60.6 Å². The van der Waals surface area contributed by atoms with E-state index in [0.29, 0.717) is 16.6 Å². The molecule has 0 atom stereocenters. The molecule has 0 aliphatic carbocycles. The Morgan fingerprint density at radius 3 is 2.36 bits per heavy atom. The lowest BCUT2D eigenvalue weighted by Gasteiger charge is -2.12. The first-order valence-corrected chi connectivity index (χ1v) is 8.13. The molecule has 0 aromatic heterocycles. The number of hydrogen-bond acceptors (Lipinski definition) is 5. The molecule has 2 aromatic rings. The normalized spacial score (nSPS) is 10.9. The fourth-order valence-electron chi connectivity index (χ4n) is 2.19. The summed E-state index contributed by atoms with van der Waals surface area (Å²) in [5.74, 6) is 1.47. The van der Waals surface area contributed by atoms with E-state index in [4.69, 9.17) is 21.7 Å². The van der Waals surface area contributed by atoms with Gasteiger partial charge >= 0.3 is 0 Å². The summed E-state index contributed by atoms with van der Waals surface area (Å²) in [6.07, 6.45) is 0.719. The van der Waals surface area contributed by atoms with Crippen molar-refractivity contribution in [3.8, 4) is 17.2 Å². The molecule has 0 spiro atoms. The number of nitrogens with zero attached hydrogens (tertiary/aromatic N) is 1. The molecule has 0 aliphatic heterocycles. The van der Waals surface area contributed by atoms with Crippen LogP contribution < -0.4 is 20.2 Å². The first kappa shape index (κ1) is 18.5. The number of ether oxygens (including phenoxy) is 2. The number of hydrazone groups is 1. The highest BCUT2D eigenvalue weighted by molar-refractivity contribution is 7.80. The maximum absolute atomic E-state index is 9.37. The van der Waals surface area contributed by atoms with Gasteiger partial charge in [-0.25, -0.2) is 0 Å². The zero-order valence-corrected chi connectivity index (χ0v) is 15.2. The van der Waals surface area contributed by atoms with Crippen molar-refractivity contribution in [3.05, 3.63) is 48.0 Å². The molecule has 7 heteroatoms. The molecule has 0 bridgehead atoms. The van der Waals surface area contributed by atoms with Crippen molar-refractivity contribution in [2.24, 2.45) is 5.10 Å². The Bertz CT molecular complexity index is 761. The summed E-state index contributed by atoms with van der Waals surface area (Å²) in [7, 11) is 3.16. The molecule has 0 fully saturated rings.